The van der Waals surface area contributed by atoms with E-state index in [4.69, 9.17) is 0 Å². The lowest BCUT2D eigenvalue weighted by Crippen LogP contribution is -2.24. The first-order valence-corrected chi connectivity index (χ1v) is 9.78. The molecule has 6 heteroatoms. The molecule has 0 saturated heterocycles. The van der Waals surface area contributed by atoms with E-state index in [1.54, 1.807) is 28.7 Å². The van der Waals surface area contributed by atoms with Crippen molar-refractivity contribution in [3.63, 3.8) is 0 Å². The number of aryl methyl sites for hydroxylation is 1. The van der Waals surface area contributed by atoms with Crippen molar-refractivity contribution >= 4 is 17.7 Å². The van der Waals surface area contributed by atoms with E-state index in [-0.39, 0.29) is 5.91 Å². The van der Waals surface area contributed by atoms with E-state index in [1.165, 1.54) is 4.90 Å². The molecule has 0 bridgehead atoms. The molecule has 5 nitrogen and oxygen atoms in total. The fraction of sp³-hybridized carbons (Fsp3) is 0.250. The molecular weight excluding hydrogens is 344 g/mol. The molecule has 3 aromatic rings. The highest BCUT2D eigenvalue weighted by Crippen LogP contribution is 2.14. The van der Waals surface area contributed by atoms with Crippen molar-refractivity contribution in [2.75, 3.05) is 6.26 Å². The topological polar surface area (TPSA) is 59.8 Å². The van der Waals surface area contributed by atoms with E-state index < -0.39 is 0 Å². The van der Waals surface area contributed by atoms with Crippen LogP contribution in [-0.2, 0) is 6.54 Å². The van der Waals surface area contributed by atoms with Crippen LogP contribution < -0.4 is 5.32 Å². The molecule has 26 heavy (non-hydrogen) atoms. The fourth-order valence-electron chi connectivity index (χ4n) is 2.23. The van der Waals surface area contributed by atoms with Crippen molar-refractivity contribution in [3.8, 4) is 5.82 Å². The Morgan fingerprint density at radius 3 is 2.50 bits per heavy atom. The van der Waals surface area contributed by atoms with E-state index in [0.29, 0.717) is 18.1 Å². The molecule has 1 N–H and O–H groups in total. The lowest BCUT2D eigenvalue weighted by atomic mass is 10.2. The quantitative estimate of drug-likeness (QED) is 0.684. The van der Waals surface area contributed by atoms with Crippen LogP contribution >= 0.6 is 11.8 Å². The monoisotopic (exact) mass is 368 g/mol. The lowest BCUT2D eigenvalue weighted by Gasteiger charge is -2.07. The third-order valence-electron chi connectivity index (χ3n) is 3.53. The van der Waals surface area contributed by atoms with Gasteiger partial charge in [-0.15, -0.1) is 11.8 Å². The molecular formula is C20H24N4OS. The molecule has 0 aliphatic carbocycles. The second-order valence-electron chi connectivity index (χ2n) is 5.37. The molecule has 0 atom stereocenters. The normalized spacial score (nSPS) is 10.0. The van der Waals surface area contributed by atoms with Gasteiger partial charge >= 0.3 is 0 Å². The van der Waals surface area contributed by atoms with Crippen LogP contribution in [0.4, 0.5) is 0 Å². The first-order valence-electron chi connectivity index (χ1n) is 8.55. The van der Waals surface area contributed by atoms with Gasteiger partial charge in [-0.1, -0.05) is 32.0 Å². The predicted octanol–water partition coefficient (Wildman–Crippen LogP) is 4.25. The molecule has 0 unspecified atom stereocenters. The van der Waals surface area contributed by atoms with Gasteiger partial charge in [0, 0.05) is 17.6 Å². The molecule has 0 saturated carbocycles. The van der Waals surface area contributed by atoms with E-state index >= 15 is 0 Å². The summed E-state index contributed by atoms with van der Waals surface area (Å²) in [4.78, 5) is 17.9. The summed E-state index contributed by atoms with van der Waals surface area (Å²) in [6.45, 7) is 6.43. The number of nitrogens with one attached hydrogen (secondary N) is 1. The maximum Gasteiger partial charge on any atom is 0.270 e. The van der Waals surface area contributed by atoms with Gasteiger partial charge in [0.1, 0.15) is 5.69 Å². The third-order valence-corrected chi connectivity index (χ3v) is 4.27. The van der Waals surface area contributed by atoms with E-state index in [1.807, 2.05) is 69.6 Å². The molecule has 0 aliphatic rings. The Labute approximate surface area is 158 Å². The molecule has 0 fully saturated rings. The molecule has 2 heterocycles. The van der Waals surface area contributed by atoms with Gasteiger partial charge in [-0.2, -0.15) is 5.10 Å². The summed E-state index contributed by atoms with van der Waals surface area (Å²) in [5.74, 6) is 0.426. The standard InChI is InChI=1S/C18H18N4OS.C2H6/c1-13-10-20-22(12-13)17-5-3-4-16(21-17)18(23)19-11-14-6-8-15(24-2)9-7-14;1-2/h3-10,12H,11H2,1-2H3,(H,19,23);1-2H3. The molecule has 136 valence electrons. The van der Waals surface area contributed by atoms with Gasteiger partial charge < -0.3 is 5.32 Å². The highest BCUT2D eigenvalue weighted by atomic mass is 32.2. The number of benzene rings is 1. The Morgan fingerprint density at radius 1 is 1.15 bits per heavy atom. The van der Waals surface area contributed by atoms with Gasteiger partial charge in [-0.25, -0.2) is 9.67 Å². The molecule has 2 aromatic heterocycles. The number of carbonyl (C=O) groups is 1. The van der Waals surface area contributed by atoms with Crippen LogP contribution in [0.2, 0.25) is 0 Å². The maximum absolute atomic E-state index is 12.3. The number of rotatable bonds is 5. The molecule has 0 radical (unpaired) electrons. The minimum atomic E-state index is -0.199. The Kier molecular flexibility index (Phi) is 7.41. The first kappa shape index (κ1) is 19.7. The van der Waals surface area contributed by atoms with Gasteiger partial charge in [0.15, 0.2) is 5.82 Å². The zero-order chi connectivity index (χ0) is 18.9. The highest BCUT2D eigenvalue weighted by molar-refractivity contribution is 7.98. The maximum atomic E-state index is 12.3. The minimum Gasteiger partial charge on any atom is -0.347 e. The fourth-order valence-corrected chi connectivity index (χ4v) is 2.64. The van der Waals surface area contributed by atoms with Gasteiger partial charge in [-0.05, 0) is 48.6 Å². The van der Waals surface area contributed by atoms with Crippen LogP contribution in [0.15, 0.2) is 59.8 Å². The number of amides is 1. The number of hydrogen-bond donors (Lipinski definition) is 1. The van der Waals surface area contributed by atoms with Crippen LogP contribution in [0.1, 0.15) is 35.5 Å². The van der Waals surface area contributed by atoms with Gasteiger partial charge in [0.05, 0.1) is 6.20 Å². The van der Waals surface area contributed by atoms with Crippen LogP contribution in [-0.4, -0.2) is 26.9 Å². The Balaban J connectivity index is 0.00000117. The predicted molar refractivity (Wildman–Crippen MR) is 107 cm³/mol. The summed E-state index contributed by atoms with van der Waals surface area (Å²) in [5, 5.41) is 7.12. The largest absolute Gasteiger partial charge is 0.347 e. The first-order chi connectivity index (χ1) is 12.7. The Morgan fingerprint density at radius 2 is 1.88 bits per heavy atom. The van der Waals surface area contributed by atoms with Crippen molar-refractivity contribution < 1.29 is 4.79 Å². The van der Waals surface area contributed by atoms with E-state index in [0.717, 1.165) is 11.1 Å². The van der Waals surface area contributed by atoms with E-state index in [2.05, 4.69) is 15.4 Å². The zero-order valence-corrected chi connectivity index (χ0v) is 16.4. The van der Waals surface area contributed by atoms with Gasteiger partial charge in [-0.3, -0.25) is 4.79 Å². The van der Waals surface area contributed by atoms with Crippen molar-refractivity contribution in [2.24, 2.45) is 0 Å². The van der Waals surface area contributed by atoms with E-state index in [9.17, 15) is 4.79 Å². The minimum absolute atomic E-state index is 0.199. The molecule has 0 aliphatic heterocycles. The molecule has 0 spiro atoms. The molecule has 3 rings (SSSR count). The zero-order valence-electron chi connectivity index (χ0n) is 15.6. The SMILES string of the molecule is CC.CSc1ccc(CNC(=O)c2cccc(-n3cc(C)cn3)n2)cc1. The van der Waals surface area contributed by atoms with Crippen molar-refractivity contribution in [1.82, 2.24) is 20.1 Å². The number of pyridine rings is 1. The van der Waals surface area contributed by atoms with Gasteiger partial charge in [0.25, 0.3) is 5.91 Å². The average Bonchev–Trinajstić information content (AvgIpc) is 3.14. The Hall–Kier alpha value is -2.60. The lowest BCUT2D eigenvalue weighted by molar-refractivity contribution is 0.0946. The molecule has 1 aromatic carbocycles. The number of thioether (sulfide) groups is 1. The smallest absolute Gasteiger partial charge is 0.270 e. The van der Waals surface area contributed by atoms with Crippen molar-refractivity contribution in [3.05, 3.63) is 71.7 Å². The summed E-state index contributed by atoms with van der Waals surface area (Å²) in [5.41, 5.74) is 2.47. The van der Waals surface area contributed by atoms with Crippen LogP contribution in [0.3, 0.4) is 0 Å². The second-order valence-corrected chi connectivity index (χ2v) is 6.25. The van der Waals surface area contributed by atoms with Crippen LogP contribution in [0.25, 0.3) is 5.82 Å². The van der Waals surface area contributed by atoms with Crippen LogP contribution in [0, 0.1) is 6.92 Å². The number of carbonyl (C=O) groups excluding carboxylic acids is 1. The second kappa shape index (κ2) is 9.77. The van der Waals surface area contributed by atoms with Crippen molar-refractivity contribution in [1.29, 1.82) is 0 Å². The summed E-state index contributed by atoms with van der Waals surface area (Å²) in [6, 6.07) is 13.5. The number of aromatic nitrogens is 3. The summed E-state index contributed by atoms with van der Waals surface area (Å²) in [6.07, 6.45) is 5.67. The Bertz CT molecular complexity index is 843. The van der Waals surface area contributed by atoms with Crippen LogP contribution in [0.5, 0.6) is 0 Å². The third kappa shape index (κ3) is 5.20. The van der Waals surface area contributed by atoms with Crippen molar-refractivity contribution in [2.45, 2.75) is 32.2 Å². The number of nitrogens with zero attached hydrogens (tertiary/aromatic N) is 3. The van der Waals surface area contributed by atoms with Gasteiger partial charge in [0.2, 0.25) is 0 Å². The summed E-state index contributed by atoms with van der Waals surface area (Å²) >= 11 is 1.69. The summed E-state index contributed by atoms with van der Waals surface area (Å²) < 4.78 is 1.66. The molecule has 1 amide bonds. The number of hydrogen-bond acceptors (Lipinski definition) is 4. The summed E-state index contributed by atoms with van der Waals surface area (Å²) in [7, 11) is 0. The average molecular weight is 369 g/mol. The highest BCUT2D eigenvalue weighted by Gasteiger charge is 2.09.